The van der Waals surface area contributed by atoms with Crippen LogP contribution in [0.5, 0.6) is 0 Å². The lowest BCUT2D eigenvalue weighted by Crippen LogP contribution is -2.28. The van der Waals surface area contributed by atoms with Crippen molar-refractivity contribution in [3.05, 3.63) is 11.8 Å². The number of nitrogens with zero attached hydrogens (tertiary/aromatic N) is 2. The molecule has 0 N–H and O–H groups in total. The average molecular weight is 150 g/mol. The van der Waals surface area contributed by atoms with Gasteiger partial charge in [0.2, 0.25) is 0 Å². The van der Waals surface area contributed by atoms with E-state index in [9.17, 15) is 0 Å². The van der Waals surface area contributed by atoms with Crippen LogP contribution in [0.2, 0.25) is 0 Å². The van der Waals surface area contributed by atoms with E-state index >= 15 is 0 Å². The van der Waals surface area contributed by atoms with Crippen LogP contribution in [0.15, 0.2) is 16.8 Å². The Balaban J connectivity index is 2.42. The van der Waals surface area contributed by atoms with Crippen molar-refractivity contribution in [1.82, 2.24) is 4.90 Å². The number of hydrogen-bond donors (Lipinski definition) is 0. The Morgan fingerprint density at radius 2 is 2.27 bits per heavy atom. The van der Waals surface area contributed by atoms with Gasteiger partial charge in [-0.05, 0) is 20.8 Å². The smallest absolute Gasteiger partial charge is 0.113 e. The van der Waals surface area contributed by atoms with Crippen molar-refractivity contribution in [2.24, 2.45) is 10.4 Å². The summed E-state index contributed by atoms with van der Waals surface area (Å²) >= 11 is 0. The minimum absolute atomic E-state index is 0.181. The summed E-state index contributed by atoms with van der Waals surface area (Å²) in [7, 11) is 0. The molecule has 0 radical (unpaired) electrons. The maximum absolute atomic E-state index is 4.49. The van der Waals surface area contributed by atoms with E-state index in [0.29, 0.717) is 0 Å². The van der Waals surface area contributed by atoms with Crippen molar-refractivity contribution in [3.63, 3.8) is 0 Å². The molecule has 0 fully saturated rings. The molecular weight excluding hydrogens is 136 g/mol. The van der Waals surface area contributed by atoms with Crippen LogP contribution >= 0.6 is 0 Å². The molecule has 2 nitrogen and oxygen atoms in total. The quantitative estimate of drug-likeness (QED) is 0.512. The summed E-state index contributed by atoms with van der Waals surface area (Å²) in [4.78, 5) is 6.81. The topological polar surface area (TPSA) is 15.6 Å². The lowest BCUT2D eigenvalue weighted by Gasteiger charge is -2.19. The molecule has 2 aliphatic heterocycles. The highest BCUT2D eigenvalue weighted by molar-refractivity contribution is 5.94. The van der Waals surface area contributed by atoms with Crippen LogP contribution in [0.3, 0.4) is 0 Å². The number of aliphatic imine (C=N–C) groups is 1. The molecule has 0 aromatic carbocycles. The maximum atomic E-state index is 4.49. The van der Waals surface area contributed by atoms with Gasteiger partial charge in [0.05, 0.1) is 6.54 Å². The van der Waals surface area contributed by atoms with Gasteiger partial charge in [-0.2, -0.15) is 0 Å². The number of rotatable bonds is 0. The van der Waals surface area contributed by atoms with Gasteiger partial charge in [0, 0.05) is 17.7 Å². The second kappa shape index (κ2) is 1.87. The van der Waals surface area contributed by atoms with Crippen LogP contribution in [0, 0.1) is 5.41 Å². The third kappa shape index (κ3) is 0.817. The van der Waals surface area contributed by atoms with Crippen LogP contribution in [0.25, 0.3) is 0 Å². The molecule has 0 amide bonds. The van der Waals surface area contributed by atoms with E-state index in [0.717, 1.165) is 13.1 Å². The first-order chi connectivity index (χ1) is 5.11. The second-order valence-corrected chi connectivity index (χ2v) is 3.86. The molecule has 0 aromatic heterocycles. The van der Waals surface area contributed by atoms with Crippen LogP contribution < -0.4 is 0 Å². The van der Waals surface area contributed by atoms with Crippen LogP contribution in [-0.4, -0.2) is 23.8 Å². The second-order valence-electron chi connectivity index (χ2n) is 3.86. The number of amidine groups is 1. The van der Waals surface area contributed by atoms with Crippen molar-refractivity contribution >= 4 is 5.84 Å². The van der Waals surface area contributed by atoms with Gasteiger partial charge in [-0.15, -0.1) is 0 Å². The Kier molecular flexibility index (Phi) is 1.17. The monoisotopic (exact) mass is 150 g/mol. The predicted molar refractivity (Wildman–Crippen MR) is 46.5 cm³/mol. The van der Waals surface area contributed by atoms with Crippen molar-refractivity contribution in [2.45, 2.75) is 20.8 Å². The predicted octanol–water partition coefficient (Wildman–Crippen LogP) is 1.64. The molecule has 60 valence electrons. The first-order valence-corrected chi connectivity index (χ1v) is 4.13. The fraction of sp³-hybridized carbons (Fsp3) is 0.667. The minimum Gasteiger partial charge on any atom is -0.332 e. The molecule has 0 bridgehead atoms. The van der Waals surface area contributed by atoms with Gasteiger partial charge in [0.25, 0.3) is 0 Å². The van der Waals surface area contributed by atoms with Crippen molar-refractivity contribution in [3.8, 4) is 0 Å². The Morgan fingerprint density at radius 3 is 2.91 bits per heavy atom. The van der Waals surface area contributed by atoms with E-state index in [1.807, 2.05) is 0 Å². The van der Waals surface area contributed by atoms with Gasteiger partial charge < -0.3 is 4.90 Å². The van der Waals surface area contributed by atoms with E-state index in [-0.39, 0.29) is 5.41 Å². The third-order valence-corrected chi connectivity index (χ3v) is 2.41. The van der Waals surface area contributed by atoms with Crippen LogP contribution in [-0.2, 0) is 0 Å². The fourth-order valence-corrected chi connectivity index (χ4v) is 2.01. The molecule has 2 heteroatoms. The van der Waals surface area contributed by atoms with E-state index in [1.165, 1.54) is 11.5 Å². The summed E-state index contributed by atoms with van der Waals surface area (Å²) in [5.41, 5.74) is 1.55. The van der Waals surface area contributed by atoms with E-state index in [2.05, 4.69) is 36.7 Å². The highest BCUT2D eigenvalue weighted by atomic mass is 15.3. The first kappa shape index (κ1) is 6.89. The van der Waals surface area contributed by atoms with Gasteiger partial charge in [-0.25, -0.2) is 0 Å². The molecule has 11 heavy (non-hydrogen) atoms. The summed E-state index contributed by atoms with van der Waals surface area (Å²) in [5, 5.41) is 0. The van der Waals surface area contributed by atoms with Gasteiger partial charge in [-0.3, -0.25) is 4.99 Å². The fourth-order valence-electron chi connectivity index (χ4n) is 2.01. The zero-order valence-electron chi connectivity index (χ0n) is 7.39. The van der Waals surface area contributed by atoms with Gasteiger partial charge in [0.15, 0.2) is 0 Å². The molecular formula is C9H14N2. The standard InChI is InChI=1S/C9H14N2/c1-7-6-9(2,3)8-10-4-5-11(7)8/h6H,4-5H2,1-3H3. The summed E-state index contributed by atoms with van der Waals surface area (Å²) in [6, 6.07) is 0. The van der Waals surface area contributed by atoms with Gasteiger partial charge >= 0.3 is 0 Å². The number of allylic oxidation sites excluding steroid dienone is 1. The summed E-state index contributed by atoms with van der Waals surface area (Å²) in [6.07, 6.45) is 2.30. The molecule has 0 unspecified atom stereocenters. The van der Waals surface area contributed by atoms with Crippen LogP contribution in [0.1, 0.15) is 20.8 Å². The van der Waals surface area contributed by atoms with E-state index in [1.54, 1.807) is 0 Å². The number of fused-ring (bicyclic) bond motifs is 1. The number of hydrogen-bond acceptors (Lipinski definition) is 2. The minimum atomic E-state index is 0.181. The SMILES string of the molecule is CC1=CC(C)(C)C2=NCCN12. The van der Waals surface area contributed by atoms with Crippen LogP contribution in [0.4, 0.5) is 0 Å². The van der Waals surface area contributed by atoms with E-state index in [4.69, 9.17) is 0 Å². The van der Waals surface area contributed by atoms with Gasteiger partial charge in [-0.1, -0.05) is 6.08 Å². The summed E-state index contributed by atoms with van der Waals surface area (Å²) in [6.45, 7) is 8.67. The molecule has 2 heterocycles. The van der Waals surface area contributed by atoms with Crippen molar-refractivity contribution < 1.29 is 0 Å². The summed E-state index contributed by atoms with van der Waals surface area (Å²) < 4.78 is 0. The summed E-state index contributed by atoms with van der Waals surface area (Å²) in [5.74, 6) is 1.26. The molecule has 2 rings (SSSR count). The highest BCUT2D eigenvalue weighted by Gasteiger charge is 2.36. The first-order valence-electron chi connectivity index (χ1n) is 4.13. The largest absolute Gasteiger partial charge is 0.332 e. The van der Waals surface area contributed by atoms with Crippen molar-refractivity contribution in [1.29, 1.82) is 0 Å². The average Bonchev–Trinajstić information content (AvgIpc) is 2.37. The molecule has 0 aliphatic carbocycles. The molecule has 0 atom stereocenters. The third-order valence-electron chi connectivity index (χ3n) is 2.41. The Hall–Kier alpha value is -0.790. The Bertz CT molecular complexity index is 248. The molecule has 2 aliphatic rings. The zero-order valence-corrected chi connectivity index (χ0v) is 7.39. The Morgan fingerprint density at radius 1 is 1.55 bits per heavy atom. The molecule has 0 saturated carbocycles. The van der Waals surface area contributed by atoms with E-state index < -0.39 is 0 Å². The molecule has 0 saturated heterocycles. The maximum Gasteiger partial charge on any atom is 0.113 e. The Labute approximate surface area is 67.6 Å². The molecule has 0 spiro atoms. The lowest BCUT2D eigenvalue weighted by atomic mass is 9.94. The molecule has 0 aromatic rings. The lowest BCUT2D eigenvalue weighted by molar-refractivity contribution is 0.551. The normalized spacial score (nSPS) is 26.6. The zero-order chi connectivity index (χ0) is 8.06. The van der Waals surface area contributed by atoms with Crippen molar-refractivity contribution in [2.75, 3.05) is 13.1 Å². The highest BCUT2D eigenvalue weighted by Crippen LogP contribution is 2.34. The van der Waals surface area contributed by atoms with Gasteiger partial charge in [0.1, 0.15) is 5.84 Å².